The first-order valence-electron chi connectivity index (χ1n) is 5.75. The smallest absolute Gasteiger partial charge is 0.0108 e. The number of piperazine rings is 1. The summed E-state index contributed by atoms with van der Waals surface area (Å²) in [4.78, 5) is 2.57. The Hall–Kier alpha value is 0.270. The molecule has 0 spiro atoms. The molecule has 1 N–H and O–H groups in total. The summed E-state index contributed by atoms with van der Waals surface area (Å²) in [6.45, 7) is 13.0. The van der Waals surface area contributed by atoms with Crippen LogP contribution in [0.1, 0.15) is 20.8 Å². The monoisotopic (exact) mass is 216 g/mol. The molecule has 0 aliphatic carbocycles. The van der Waals surface area contributed by atoms with Gasteiger partial charge >= 0.3 is 0 Å². The molecule has 0 aromatic carbocycles. The van der Waals surface area contributed by atoms with Gasteiger partial charge in [0.25, 0.3) is 0 Å². The largest absolute Gasteiger partial charge is 0.314 e. The zero-order valence-electron chi connectivity index (χ0n) is 9.75. The highest BCUT2D eigenvalue weighted by atomic mass is 32.2. The lowest BCUT2D eigenvalue weighted by Crippen LogP contribution is -2.44. The van der Waals surface area contributed by atoms with Crippen molar-refractivity contribution in [2.45, 2.75) is 26.0 Å². The maximum atomic E-state index is 3.38. The Morgan fingerprint density at radius 1 is 1.21 bits per heavy atom. The molecule has 1 fully saturated rings. The van der Waals surface area contributed by atoms with Gasteiger partial charge in [-0.25, -0.2) is 0 Å². The highest BCUT2D eigenvalue weighted by Crippen LogP contribution is 2.18. The average molecular weight is 216 g/mol. The number of hydrogen-bond donors (Lipinski definition) is 1. The predicted octanol–water partition coefficient (Wildman–Crippen LogP) is 1.67. The molecule has 0 aromatic heterocycles. The van der Waals surface area contributed by atoms with Crippen molar-refractivity contribution in [2.75, 3.05) is 38.5 Å². The Labute approximate surface area is 92.8 Å². The molecule has 2 nitrogen and oxygen atoms in total. The normalized spacial score (nSPS) is 21.4. The lowest BCUT2D eigenvalue weighted by Gasteiger charge is -2.27. The summed E-state index contributed by atoms with van der Waals surface area (Å²) >= 11 is 2.12. The second kappa shape index (κ2) is 6.70. The van der Waals surface area contributed by atoms with Crippen molar-refractivity contribution in [3.05, 3.63) is 0 Å². The maximum absolute atomic E-state index is 3.38. The van der Waals surface area contributed by atoms with Gasteiger partial charge in [0.1, 0.15) is 0 Å². The van der Waals surface area contributed by atoms with Crippen molar-refractivity contribution in [2.24, 2.45) is 5.92 Å². The number of rotatable bonds is 5. The van der Waals surface area contributed by atoms with Crippen LogP contribution in [0, 0.1) is 5.92 Å². The molecule has 0 saturated carbocycles. The third-order valence-electron chi connectivity index (χ3n) is 2.94. The topological polar surface area (TPSA) is 15.3 Å². The lowest BCUT2D eigenvalue weighted by molar-refractivity contribution is 0.255. The molecule has 1 atom stereocenters. The van der Waals surface area contributed by atoms with Crippen molar-refractivity contribution in [3.63, 3.8) is 0 Å². The van der Waals surface area contributed by atoms with E-state index in [9.17, 15) is 0 Å². The van der Waals surface area contributed by atoms with Crippen LogP contribution in [0.5, 0.6) is 0 Å². The van der Waals surface area contributed by atoms with Crippen molar-refractivity contribution in [3.8, 4) is 0 Å². The molecule has 0 bridgehead atoms. The number of nitrogens with zero attached hydrogens (tertiary/aromatic N) is 1. The van der Waals surface area contributed by atoms with Gasteiger partial charge in [-0.2, -0.15) is 11.8 Å². The molecule has 1 aliphatic rings. The van der Waals surface area contributed by atoms with Gasteiger partial charge < -0.3 is 5.32 Å². The van der Waals surface area contributed by atoms with Crippen LogP contribution < -0.4 is 5.32 Å². The maximum Gasteiger partial charge on any atom is 0.0108 e. The van der Waals surface area contributed by atoms with Gasteiger partial charge in [-0.3, -0.25) is 4.90 Å². The minimum Gasteiger partial charge on any atom is -0.314 e. The number of hydrogen-bond acceptors (Lipinski definition) is 3. The molecule has 14 heavy (non-hydrogen) atoms. The van der Waals surface area contributed by atoms with Crippen LogP contribution in [0.25, 0.3) is 0 Å². The van der Waals surface area contributed by atoms with E-state index in [4.69, 9.17) is 0 Å². The van der Waals surface area contributed by atoms with Gasteiger partial charge in [-0.05, 0) is 5.92 Å². The molecule has 1 saturated heterocycles. The van der Waals surface area contributed by atoms with Gasteiger partial charge in [0.15, 0.2) is 0 Å². The molecular weight excluding hydrogens is 192 g/mol. The quantitative estimate of drug-likeness (QED) is 0.752. The molecule has 1 unspecified atom stereocenters. The summed E-state index contributed by atoms with van der Waals surface area (Å²) < 4.78 is 0. The van der Waals surface area contributed by atoms with E-state index in [0.717, 1.165) is 11.2 Å². The molecule has 0 radical (unpaired) electrons. The fourth-order valence-corrected chi connectivity index (χ4v) is 2.62. The van der Waals surface area contributed by atoms with E-state index in [0.29, 0.717) is 0 Å². The first-order valence-corrected chi connectivity index (χ1v) is 6.79. The summed E-state index contributed by atoms with van der Waals surface area (Å²) in [6, 6.07) is 0. The Kier molecular flexibility index (Phi) is 5.90. The summed E-state index contributed by atoms with van der Waals surface area (Å²) in [5.41, 5.74) is 0. The van der Waals surface area contributed by atoms with E-state index in [1.807, 2.05) is 0 Å². The molecular formula is C11H24N2S. The number of thioether (sulfide) groups is 1. The van der Waals surface area contributed by atoms with E-state index in [-0.39, 0.29) is 0 Å². The molecule has 1 rings (SSSR count). The fourth-order valence-electron chi connectivity index (χ4n) is 1.49. The van der Waals surface area contributed by atoms with Gasteiger partial charge in [-0.15, -0.1) is 0 Å². The summed E-state index contributed by atoms with van der Waals surface area (Å²) in [5.74, 6) is 2.10. The van der Waals surface area contributed by atoms with Crippen LogP contribution >= 0.6 is 11.8 Å². The minimum atomic E-state index is 0.804. The third-order valence-corrected chi connectivity index (χ3v) is 4.43. The standard InChI is InChI=1S/C11H24N2S/c1-10(2)11(3)14-9-8-13-6-4-12-5-7-13/h10-12H,4-9H2,1-3H3. The average Bonchev–Trinajstić information content (AvgIpc) is 2.19. The molecule has 1 aliphatic heterocycles. The molecule has 1 heterocycles. The zero-order valence-corrected chi connectivity index (χ0v) is 10.6. The van der Waals surface area contributed by atoms with Crippen LogP contribution in [0.3, 0.4) is 0 Å². The number of nitrogens with one attached hydrogen (secondary N) is 1. The van der Waals surface area contributed by atoms with Crippen molar-refractivity contribution >= 4 is 11.8 Å². The Balaban J connectivity index is 2.02. The van der Waals surface area contributed by atoms with Crippen LogP contribution in [0.15, 0.2) is 0 Å². The molecule has 0 aromatic rings. The van der Waals surface area contributed by atoms with Crippen LogP contribution in [0.2, 0.25) is 0 Å². The Bertz CT molecular complexity index is 144. The minimum absolute atomic E-state index is 0.804. The van der Waals surface area contributed by atoms with Gasteiger partial charge in [-0.1, -0.05) is 20.8 Å². The second-order valence-corrected chi connectivity index (χ2v) is 5.90. The van der Waals surface area contributed by atoms with Crippen LogP contribution in [-0.2, 0) is 0 Å². The van der Waals surface area contributed by atoms with Crippen LogP contribution in [0.4, 0.5) is 0 Å². The highest BCUT2D eigenvalue weighted by molar-refractivity contribution is 7.99. The van der Waals surface area contributed by atoms with E-state index in [1.54, 1.807) is 0 Å². The van der Waals surface area contributed by atoms with Gasteiger partial charge in [0.2, 0.25) is 0 Å². The third kappa shape index (κ3) is 4.67. The van der Waals surface area contributed by atoms with Gasteiger partial charge in [0, 0.05) is 43.7 Å². The van der Waals surface area contributed by atoms with E-state index >= 15 is 0 Å². The van der Waals surface area contributed by atoms with Crippen LogP contribution in [-0.4, -0.2) is 48.6 Å². The first-order chi connectivity index (χ1) is 6.70. The van der Waals surface area contributed by atoms with Crippen molar-refractivity contribution < 1.29 is 0 Å². The summed E-state index contributed by atoms with van der Waals surface area (Å²) in [6.07, 6.45) is 0. The lowest BCUT2D eigenvalue weighted by atomic mass is 10.2. The molecule has 0 amide bonds. The van der Waals surface area contributed by atoms with E-state index < -0.39 is 0 Å². The predicted molar refractivity (Wildman–Crippen MR) is 66.1 cm³/mol. The summed E-state index contributed by atoms with van der Waals surface area (Å²) in [7, 11) is 0. The Morgan fingerprint density at radius 2 is 1.86 bits per heavy atom. The SMILES string of the molecule is CC(C)C(C)SCCN1CCNCC1. The van der Waals surface area contributed by atoms with E-state index in [1.165, 1.54) is 38.5 Å². The molecule has 84 valence electrons. The van der Waals surface area contributed by atoms with Crippen molar-refractivity contribution in [1.82, 2.24) is 10.2 Å². The Morgan fingerprint density at radius 3 is 2.43 bits per heavy atom. The summed E-state index contributed by atoms with van der Waals surface area (Å²) in [5, 5.41) is 4.19. The van der Waals surface area contributed by atoms with E-state index in [2.05, 4.69) is 42.7 Å². The zero-order chi connectivity index (χ0) is 10.4. The fraction of sp³-hybridized carbons (Fsp3) is 1.00. The second-order valence-electron chi connectivity index (χ2n) is 4.41. The van der Waals surface area contributed by atoms with Gasteiger partial charge in [0.05, 0.1) is 0 Å². The molecule has 3 heteroatoms. The van der Waals surface area contributed by atoms with Crippen molar-refractivity contribution in [1.29, 1.82) is 0 Å². The first kappa shape index (κ1) is 12.3. The highest BCUT2D eigenvalue weighted by Gasteiger charge is 2.11.